The number of benzene rings is 2. The van der Waals surface area contributed by atoms with Crippen LogP contribution in [0.4, 0.5) is 14.5 Å². The number of anilines is 1. The Morgan fingerprint density at radius 3 is 2.56 bits per heavy atom. The van der Waals surface area contributed by atoms with Gasteiger partial charge >= 0.3 is 0 Å². The van der Waals surface area contributed by atoms with Gasteiger partial charge in [-0.1, -0.05) is 11.6 Å². The second-order valence-corrected chi connectivity index (χ2v) is 10.7. The highest BCUT2D eigenvalue weighted by Crippen LogP contribution is 2.33. The summed E-state index contributed by atoms with van der Waals surface area (Å²) in [7, 11) is -2.03. The molecule has 0 saturated carbocycles. The number of likely N-dealkylation sites (tertiary alicyclic amines) is 1. The SMILES string of the molecule is CN1CCC(Oc2cc(NS(=O)(=O)c3cnc(Oc4cc(F)cc(F)c4)c(Br)c3)ccc2Cl)C1. The maximum Gasteiger partial charge on any atom is 0.263 e. The molecule has 1 aliphatic rings. The van der Waals surface area contributed by atoms with Crippen molar-refractivity contribution in [2.45, 2.75) is 17.4 Å². The number of halogens is 4. The van der Waals surface area contributed by atoms with E-state index in [1.165, 1.54) is 18.2 Å². The quantitative estimate of drug-likeness (QED) is 0.404. The van der Waals surface area contributed by atoms with Crippen LogP contribution in [0.25, 0.3) is 0 Å². The van der Waals surface area contributed by atoms with Crippen LogP contribution in [0.5, 0.6) is 17.4 Å². The molecule has 0 amide bonds. The van der Waals surface area contributed by atoms with Gasteiger partial charge in [0.25, 0.3) is 10.0 Å². The van der Waals surface area contributed by atoms with Gasteiger partial charge in [0.05, 0.1) is 21.4 Å². The normalized spacial score (nSPS) is 16.4. The van der Waals surface area contributed by atoms with Crippen LogP contribution in [-0.4, -0.2) is 44.5 Å². The number of likely N-dealkylation sites (N-methyl/N-ethyl adjacent to an activating group) is 1. The van der Waals surface area contributed by atoms with Crippen LogP contribution in [0.2, 0.25) is 5.02 Å². The average Bonchev–Trinajstić information content (AvgIpc) is 3.15. The molecule has 4 rings (SSSR count). The summed E-state index contributed by atoms with van der Waals surface area (Å²) in [4.78, 5) is 5.94. The van der Waals surface area contributed by atoms with Crippen LogP contribution >= 0.6 is 27.5 Å². The predicted octanol–water partition coefficient (Wildman–Crippen LogP) is 5.45. The van der Waals surface area contributed by atoms with Crippen molar-refractivity contribution >= 4 is 43.2 Å². The highest BCUT2D eigenvalue weighted by molar-refractivity contribution is 9.10. The third-order valence-corrected chi connectivity index (χ3v) is 7.20. The van der Waals surface area contributed by atoms with E-state index in [9.17, 15) is 17.2 Å². The zero-order chi connectivity index (χ0) is 24.5. The Morgan fingerprint density at radius 2 is 1.91 bits per heavy atom. The molecule has 0 bridgehead atoms. The van der Waals surface area contributed by atoms with Crippen LogP contribution in [0.15, 0.2) is 58.0 Å². The van der Waals surface area contributed by atoms with E-state index in [4.69, 9.17) is 21.1 Å². The molecular formula is C22H19BrClF2N3O4S. The summed E-state index contributed by atoms with van der Waals surface area (Å²) in [6.07, 6.45) is 1.88. The Balaban J connectivity index is 1.51. The van der Waals surface area contributed by atoms with Gasteiger partial charge < -0.3 is 14.4 Å². The van der Waals surface area contributed by atoms with Crippen molar-refractivity contribution in [1.29, 1.82) is 0 Å². The molecule has 1 unspecified atom stereocenters. The molecule has 1 atom stereocenters. The molecule has 1 fully saturated rings. The molecule has 1 N–H and O–H groups in total. The number of rotatable bonds is 7. The first kappa shape index (κ1) is 24.6. The fourth-order valence-corrected chi connectivity index (χ4v) is 5.13. The predicted molar refractivity (Wildman–Crippen MR) is 127 cm³/mol. The second-order valence-electron chi connectivity index (χ2n) is 7.71. The molecule has 2 aromatic carbocycles. The van der Waals surface area contributed by atoms with Crippen LogP contribution in [0.3, 0.4) is 0 Å². The molecule has 34 heavy (non-hydrogen) atoms. The lowest BCUT2D eigenvalue weighted by Gasteiger charge is -2.16. The molecular weight excluding hydrogens is 556 g/mol. The fourth-order valence-electron chi connectivity index (χ4n) is 3.37. The summed E-state index contributed by atoms with van der Waals surface area (Å²) in [5, 5.41) is 0.372. The smallest absolute Gasteiger partial charge is 0.263 e. The second kappa shape index (κ2) is 10.0. The number of hydrogen-bond acceptors (Lipinski definition) is 6. The van der Waals surface area contributed by atoms with Gasteiger partial charge in [0.15, 0.2) is 0 Å². The number of pyridine rings is 1. The van der Waals surface area contributed by atoms with Crippen molar-refractivity contribution in [3.8, 4) is 17.4 Å². The minimum absolute atomic E-state index is 0.0337. The first-order valence-corrected chi connectivity index (χ1v) is 12.7. The zero-order valence-corrected chi connectivity index (χ0v) is 20.9. The Bertz CT molecular complexity index is 1310. The van der Waals surface area contributed by atoms with E-state index in [0.717, 1.165) is 37.8 Å². The Morgan fingerprint density at radius 1 is 1.18 bits per heavy atom. The van der Waals surface area contributed by atoms with Crippen molar-refractivity contribution < 1.29 is 26.7 Å². The van der Waals surface area contributed by atoms with E-state index in [-0.39, 0.29) is 32.8 Å². The number of hydrogen-bond donors (Lipinski definition) is 1. The molecule has 1 aliphatic heterocycles. The van der Waals surface area contributed by atoms with Gasteiger partial charge in [0.1, 0.15) is 34.1 Å². The van der Waals surface area contributed by atoms with Gasteiger partial charge in [-0.15, -0.1) is 0 Å². The molecule has 1 aromatic heterocycles. The highest BCUT2D eigenvalue weighted by atomic mass is 79.9. The molecule has 1 saturated heterocycles. The van der Waals surface area contributed by atoms with Gasteiger partial charge in [-0.25, -0.2) is 22.2 Å². The Labute approximate surface area is 208 Å². The monoisotopic (exact) mass is 573 g/mol. The van der Waals surface area contributed by atoms with Gasteiger partial charge in [-0.2, -0.15) is 0 Å². The summed E-state index contributed by atoms with van der Waals surface area (Å²) in [6, 6.07) is 8.53. The average molecular weight is 575 g/mol. The lowest BCUT2D eigenvalue weighted by molar-refractivity contribution is 0.208. The molecule has 0 spiro atoms. The molecule has 0 aliphatic carbocycles. The Kier molecular flexibility index (Phi) is 7.27. The summed E-state index contributed by atoms with van der Waals surface area (Å²) < 4.78 is 66.5. The van der Waals surface area contributed by atoms with Gasteiger partial charge in [-0.3, -0.25) is 4.72 Å². The van der Waals surface area contributed by atoms with Gasteiger partial charge in [0, 0.05) is 37.4 Å². The van der Waals surface area contributed by atoms with Crippen LogP contribution in [0, 0.1) is 11.6 Å². The summed E-state index contributed by atoms with van der Waals surface area (Å²) in [5.41, 5.74) is 0.262. The van der Waals surface area contributed by atoms with E-state index < -0.39 is 21.7 Å². The minimum atomic E-state index is -4.03. The molecule has 2 heterocycles. The molecule has 12 heteroatoms. The number of nitrogens with zero attached hydrogens (tertiary/aromatic N) is 2. The van der Waals surface area contributed by atoms with Gasteiger partial charge in [-0.05, 0) is 47.6 Å². The highest BCUT2D eigenvalue weighted by Gasteiger charge is 2.23. The van der Waals surface area contributed by atoms with E-state index in [1.54, 1.807) is 6.07 Å². The van der Waals surface area contributed by atoms with Crippen LogP contribution in [-0.2, 0) is 10.0 Å². The maximum atomic E-state index is 13.4. The van der Waals surface area contributed by atoms with Crippen LogP contribution < -0.4 is 14.2 Å². The maximum absolute atomic E-state index is 13.4. The topological polar surface area (TPSA) is 80.8 Å². The van der Waals surface area contributed by atoms with Crippen molar-refractivity contribution in [2.75, 3.05) is 24.9 Å². The molecule has 3 aromatic rings. The molecule has 180 valence electrons. The summed E-state index contributed by atoms with van der Waals surface area (Å²) >= 11 is 9.42. The van der Waals surface area contributed by atoms with E-state index in [1.807, 2.05) is 7.05 Å². The summed E-state index contributed by atoms with van der Waals surface area (Å²) in [5.74, 6) is -1.44. The fraction of sp³-hybridized carbons (Fsp3) is 0.227. The number of sulfonamides is 1. The lowest BCUT2D eigenvalue weighted by Crippen LogP contribution is -2.21. The van der Waals surface area contributed by atoms with E-state index >= 15 is 0 Å². The van der Waals surface area contributed by atoms with Crippen molar-refractivity contribution in [1.82, 2.24) is 9.88 Å². The van der Waals surface area contributed by atoms with Crippen molar-refractivity contribution in [2.24, 2.45) is 0 Å². The molecule has 7 nitrogen and oxygen atoms in total. The van der Waals surface area contributed by atoms with E-state index in [0.29, 0.717) is 16.8 Å². The van der Waals surface area contributed by atoms with Gasteiger partial charge in [0.2, 0.25) is 5.88 Å². The molecule has 0 radical (unpaired) electrons. The number of nitrogens with one attached hydrogen (secondary N) is 1. The van der Waals surface area contributed by atoms with E-state index in [2.05, 4.69) is 30.5 Å². The lowest BCUT2D eigenvalue weighted by atomic mass is 10.3. The number of ether oxygens (including phenoxy) is 2. The minimum Gasteiger partial charge on any atom is -0.487 e. The third-order valence-electron chi connectivity index (χ3n) is 4.97. The Hall–Kier alpha value is -2.47. The number of aromatic nitrogens is 1. The van der Waals surface area contributed by atoms with Crippen molar-refractivity contribution in [3.63, 3.8) is 0 Å². The first-order valence-electron chi connectivity index (χ1n) is 10.1. The summed E-state index contributed by atoms with van der Waals surface area (Å²) in [6.45, 7) is 1.66. The first-order chi connectivity index (χ1) is 16.1. The van der Waals surface area contributed by atoms with Crippen LogP contribution in [0.1, 0.15) is 6.42 Å². The zero-order valence-electron chi connectivity index (χ0n) is 17.8. The third kappa shape index (κ3) is 5.96. The largest absolute Gasteiger partial charge is 0.487 e. The standard InChI is InChI=1S/C22H19BrClF2N3O4S/c1-29-5-4-16(12-29)32-21-9-15(2-3-20(21)24)28-34(30,31)18-10-19(23)22(27-11-18)33-17-7-13(25)6-14(26)8-17/h2-3,6-11,16,28H,4-5,12H2,1H3. The van der Waals surface area contributed by atoms with Crippen molar-refractivity contribution in [3.05, 3.63) is 69.8 Å².